The number of hydrogen-bond acceptors (Lipinski definition) is 5. The molecule has 45 heavy (non-hydrogen) atoms. The molecule has 2 aliphatic heterocycles. The lowest BCUT2D eigenvalue weighted by molar-refractivity contribution is -0.137. The number of rotatable bonds is 8. The predicted molar refractivity (Wildman–Crippen MR) is 161 cm³/mol. The fraction of sp³-hybridized carbons (Fsp3) is 0.406. The molecule has 3 aromatic rings. The van der Waals surface area contributed by atoms with E-state index in [-0.39, 0.29) is 35.5 Å². The molecule has 4 N–H and O–H groups in total. The molecule has 3 aromatic carbocycles. The van der Waals surface area contributed by atoms with E-state index in [1.165, 1.54) is 42.5 Å². The zero-order chi connectivity index (χ0) is 32.5. The minimum Gasteiger partial charge on any atom is -0.324 e. The van der Waals surface area contributed by atoms with Crippen molar-refractivity contribution in [3.8, 4) is 0 Å². The van der Waals surface area contributed by atoms with Gasteiger partial charge in [-0.25, -0.2) is 17.2 Å². The van der Waals surface area contributed by atoms with Crippen LogP contribution in [0.25, 0.3) is 0 Å². The van der Waals surface area contributed by atoms with Gasteiger partial charge in [0.1, 0.15) is 11.6 Å². The van der Waals surface area contributed by atoms with Crippen LogP contribution in [0.1, 0.15) is 54.4 Å². The third-order valence-electron chi connectivity index (χ3n) is 8.79. The van der Waals surface area contributed by atoms with Gasteiger partial charge in [0.25, 0.3) is 0 Å². The van der Waals surface area contributed by atoms with E-state index in [4.69, 9.17) is 5.73 Å². The fourth-order valence-corrected chi connectivity index (χ4v) is 8.50. The van der Waals surface area contributed by atoms with Crippen LogP contribution in [0.3, 0.4) is 0 Å². The summed E-state index contributed by atoms with van der Waals surface area (Å²) in [6.07, 6.45) is -2.85. The number of fused-ring (bicyclic) bond motifs is 2. The number of piperazine rings is 1. The highest BCUT2D eigenvalue weighted by Crippen LogP contribution is 2.34. The van der Waals surface area contributed by atoms with E-state index in [0.29, 0.717) is 30.5 Å². The SMILES string of the molecule is C[C@@H]1C2CCCS(=O)(=O)N1C(CCc1c(F)cccc1NC(=O)[C@@H](N)[C@@H](c1ccc(F)cc1)c1ccc(C(F)(F)F)cc1)CN2. The number of halogens is 5. The summed E-state index contributed by atoms with van der Waals surface area (Å²) in [5, 5.41) is 6.11. The first-order valence-corrected chi connectivity index (χ1v) is 16.4. The van der Waals surface area contributed by atoms with Gasteiger partial charge in [0.15, 0.2) is 0 Å². The Bertz CT molecular complexity index is 1620. The lowest BCUT2D eigenvalue weighted by atomic mass is 9.84. The van der Waals surface area contributed by atoms with Gasteiger partial charge < -0.3 is 16.4 Å². The quantitative estimate of drug-likeness (QED) is 0.292. The normalized spacial score (nSPS) is 24.3. The monoisotopic (exact) mass is 650 g/mol. The number of nitrogens with one attached hydrogen (secondary N) is 2. The van der Waals surface area contributed by atoms with Crippen molar-refractivity contribution in [2.45, 2.75) is 68.9 Å². The number of carbonyl (C=O) groups is 1. The van der Waals surface area contributed by atoms with Gasteiger partial charge >= 0.3 is 6.18 Å². The molecule has 2 bridgehead atoms. The molecule has 0 saturated carbocycles. The largest absolute Gasteiger partial charge is 0.416 e. The van der Waals surface area contributed by atoms with Crippen LogP contribution in [0.5, 0.6) is 0 Å². The summed E-state index contributed by atoms with van der Waals surface area (Å²) < 4.78 is 96.2. The first-order valence-electron chi connectivity index (χ1n) is 14.8. The molecule has 0 aromatic heterocycles. The van der Waals surface area contributed by atoms with Crippen molar-refractivity contribution in [3.05, 3.63) is 101 Å². The number of nitrogens with zero attached hydrogens (tertiary/aromatic N) is 1. The van der Waals surface area contributed by atoms with E-state index in [0.717, 1.165) is 30.7 Å². The Balaban J connectivity index is 1.38. The molecule has 6 atom stereocenters. The zero-order valence-electron chi connectivity index (χ0n) is 24.5. The van der Waals surface area contributed by atoms with Gasteiger partial charge in [0.2, 0.25) is 15.9 Å². The number of sulfonamides is 1. The van der Waals surface area contributed by atoms with Crippen LogP contribution in [0.2, 0.25) is 0 Å². The fourth-order valence-electron chi connectivity index (χ4n) is 6.47. The molecule has 1 amide bonds. The number of benzene rings is 3. The summed E-state index contributed by atoms with van der Waals surface area (Å²) in [5.41, 5.74) is 6.57. The Morgan fingerprint density at radius 1 is 1.04 bits per heavy atom. The van der Waals surface area contributed by atoms with Gasteiger partial charge in [-0.1, -0.05) is 30.3 Å². The standard InChI is InChI=1S/C32H35F5N4O3S/c1-19-27-6-3-17-45(43,44)41(19)24(18-39-27)15-16-25-26(34)4-2-5-28(25)40-31(42)30(38)29(21-9-13-23(33)14-10-21)20-7-11-22(12-8-20)32(35,36)37/h2,4-5,7-14,19,24,27,29-30,39H,3,6,15-18,38H2,1H3,(H,40,42)/t19-,24?,27?,29-,30+/m1/s1. The molecule has 3 unspecified atom stereocenters. The van der Waals surface area contributed by atoms with Crippen LogP contribution in [0.4, 0.5) is 27.6 Å². The maximum Gasteiger partial charge on any atom is 0.416 e. The molecule has 2 saturated heterocycles. The van der Waals surface area contributed by atoms with E-state index in [1.54, 1.807) is 4.31 Å². The van der Waals surface area contributed by atoms with Gasteiger partial charge in [-0.05, 0) is 80.1 Å². The second-order valence-electron chi connectivity index (χ2n) is 11.7. The van der Waals surface area contributed by atoms with E-state index < -0.39 is 57.3 Å². The summed E-state index contributed by atoms with van der Waals surface area (Å²) in [7, 11) is -3.49. The summed E-state index contributed by atoms with van der Waals surface area (Å²) in [5.74, 6) is -2.77. The average molecular weight is 651 g/mol. The molecular weight excluding hydrogens is 615 g/mol. The Morgan fingerprint density at radius 2 is 1.69 bits per heavy atom. The highest BCUT2D eigenvalue weighted by Gasteiger charge is 2.43. The number of alkyl halides is 3. The number of anilines is 1. The van der Waals surface area contributed by atoms with E-state index in [2.05, 4.69) is 10.6 Å². The van der Waals surface area contributed by atoms with Crippen molar-refractivity contribution in [2.24, 2.45) is 5.73 Å². The first-order chi connectivity index (χ1) is 21.3. The van der Waals surface area contributed by atoms with Crippen molar-refractivity contribution in [1.82, 2.24) is 9.62 Å². The molecule has 0 aliphatic carbocycles. The van der Waals surface area contributed by atoms with E-state index in [1.807, 2.05) is 6.92 Å². The molecule has 7 nitrogen and oxygen atoms in total. The highest BCUT2D eigenvalue weighted by molar-refractivity contribution is 7.89. The highest BCUT2D eigenvalue weighted by atomic mass is 32.2. The minimum atomic E-state index is -4.57. The predicted octanol–water partition coefficient (Wildman–Crippen LogP) is 5.17. The van der Waals surface area contributed by atoms with Crippen molar-refractivity contribution < 1.29 is 35.2 Å². The van der Waals surface area contributed by atoms with Gasteiger partial charge in [0.05, 0.1) is 17.4 Å². The molecule has 0 radical (unpaired) electrons. The molecule has 5 rings (SSSR count). The summed E-state index contributed by atoms with van der Waals surface area (Å²) in [4.78, 5) is 13.6. The summed E-state index contributed by atoms with van der Waals surface area (Å²) in [6, 6.07) is 11.5. The first kappa shape index (κ1) is 33.0. The number of carbonyl (C=O) groups excluding carboxylic acids is 1. The Kier molecular flexibility index (Phi) is 9.64. The molecule has 2 heterocycles. The number of nitrogens with two attached hydrogens (primary N) is 1. The van der Waals surface area contributed by atoms with Crippen LogP contribution in [0, 0.1) is 11.6 Å². The zero-order valence-corrected chi connectivity index (χ0v) is 25.3. The van der Waals surface area contributed by atoms with Crippen molar-refractivity contribution in [1.29, 1.82) is 0 Å². The van der Waals surface area contributed by atoms with Crippen LogP contribution in [-0.2, 0) is 27.4 Å². The topological polar surface area (TPSA) is 105 Å². The molecule has 2 fully saturated rings. The van der Waals surface area contributed by atoms with Crippen LogP contribution in [-0.4, -0.2) is 55.1 Å². The minimum absolute atomic E-state index is 0.0436. The second kappa shape index (κ2) is 13.1. The smallest absolute Gasteiger partial charge is 0.324 e. The molecule has 2 aliphatic rings. The maximum atomic E-state index is 15.2. The lowest BCUT2D eigenvalue weighted by Gasteiger charge is -2.43. The van der Waals surface area contributed by atoms with Crippen molar-refractivity contribution in [3.63, 3.8) is 0 Å². The molecule has 0 spiro atoms. The second-order valence-corrected chi connectivity index (χ2v) is 13.7. The maximum absolute atomic E-state index is 15.2. The van der Waals surface area contributed by atoms with Crippen LogP contribution < -0.4 is 16.4 Å². The number of amides is 1. The molecule has 13 heteroatoms. The Morgan fingerprint density at radius 3 is 2.33 bits per heavy atom. The van der Waals surface area contributed by atoms with Crippen molar-refractivity contribution >= 4 is 21.6 Å². The Hall–Kier alpha value is -3.39. The average Bonchev–Trinajstić information content (AvgIpc) is 3.04. The third kappa shape index (κ3) is 7.21. The van der Waals surface area contributed by atoms with Crippen LogP contribution >= 0.6 is 0 Å². The van der Waals surface area contributed by atoms with E-state index >= 15 is 4.39 Å². The van der Waals surface area contributed by atoms with Crippen LogP contribution in [0.15, 0.2) is 66.7 Å². The van der Waals surface area contributed by atoms with Gasteiger partial charge in [-0.2, -0.15) is 17.5 Å². The molecular formula is C32H35F5N4O3S. The van der Waals surface area contributed by atoms with Crippen molar-refractivity contribution in [2.75, 3.05) is 17.6 Å². The van der Waals surface area contributed by atoms with Gasteiger partial charge in [0, 0.05) is 41.8 Å². The van der Waals surface area contributed by atoms with Gasteiger partial charge in [-0.15, -0.1) is 0 Å². The third-order valence-corrected chi connectivity index (χ3v) is 10.9. The summed E-state index contributed by atoms with van der Waals surface area (Å²) >= 11 is 0. The lowest BCUT2D eigenvalue weighted by Crippen LogP contribution is -2.62. The van der Waals surface area contributed by atoms with Gasteiger partial charge in [-0.3, -0.25) is 4.79 Å². The molecule has 242 valence electrons. The summed E-state index contributed by atoms with van der Waals surface area (Å²) in [6.45, 7) is 2.29. The number of hydrogen-bond donors (Lipinski definition) is 3. The Labute approximate surface area is 259 Å². The van der Waals surface area contributed by atoms with E-state index in [9.17, 15) is 30.8 Å².